The fourth-order valence-electron chi connectivity index (χ4n) is 2.09. The summed E-state index contributed by atoms with van der Waals surface area (Å²) >= 11 is 11.9. The lowest BCUT2D eigenvalue weighted by Crippen LogP contribution is -1.90. The number of hydrogen-bond donors (Lipinski definition) is 0. The molecule has 0 N–H and O–H groups in total. The van der Waals surface area contributed by atoms with Crippen molar-refractivity contribution in [3.8, 4) is 0 Å². The third-order valence-electron chi connectivity index (χ3n) is 3.17. The summed E-state index contributed by atoms with van der Waals surface area (Å²) < 4.78 is 2.04. The minimum atomic E-state index is 0.698. The van der Waals surface area contributed by atoms with Gasteiger partial charge < -0.3 is 4.57 Å². The van der Waals surface area contributed by atoms with Gasteiger partial charge in [-0.05, 0) is 42.0 Å². The van der Waals surface area contributed by atoms with Gasteiger partial charge in [0.05, 0.1) is 11.0 Å². The number of benzene rings is 2. The van der Waals surface area contributed by atoms with Gasteiger partial charge >= 0.3 is 0 Å². The minimum absolute atomic E-state index is 0.698. The van der Waals surface area contributed by atoms with Crippen molar-refractivity contribution in [3.63, 3.8) is 0 Å². The molecular weight excluding hydrogens is 291 g/mol. The Morgan fingerprint density at radius 1 is 0.950 bits per heavy atom. The van der Waals surface area contributed by atoms with Crippen molar-refractivity contribution in [2.75, 3.05) is 0 Å². The summed E-state index contributed by atoms with van der Waals surface area (Å²) in [6, 6.07) is 13.4. The lowest BCUT2D eigenvalue weighted by atomic mass is 10.2. The molecule has 2 aromatic carbocycles. The standard InChI is InChI=1S/C16H12Cl2N2/c1-20-15-8-7-13(18)10-14(15)19-16(20)9-4-11-2-5-12(17)6-3-11/h2-10H,1H3/b9-4+. The Morgan fingerprint density at radius 2 is 1.65 bits per heavy atom. The van der Waals surface area contributed by atoms with Crippen LogP contribution in [0.25, 0.3) is 23.2 Å². The number of halogens is 2. The van der Waals surface area contributed by atoms with E-state index in [1.165, 1.54) is 0 Å². The smallest absolute Gasteiger partial charge is 0.133 e. The predicted octanol–water partition coefficient (Wildman–Crippen LogP) is 5.05. The summed E-state index contributed by atoms with van der Waals surface area (Å²) in [6.07, 6.45) is 4.00. The van der Waals surface area contributed by atoms with Crippen LogP contribution >= 0.6 is 23.2 Å². The number of hydrogen-bond acceptors (Lipinski definition) is 1. The van der Waals surface area contributed by atoms with Gasteiger partial charge in [-0.3, -0.25) is 0 Å². The number of aryl methyl sites for hydroxylation is 1. The Balaban J connectivity index is 1.98. The molecule has 0 unspecified atom stereocenters. The third kappa shape index (κ3) is 2.58. The Kier molecular flexibility index (Phi) is 3.51. The minimum Gasteiger partial charge on any atom is -0.328 e. The van der Waals surface area contributed by atoms with Gasteiger partial charge in [0.25, 0.3) is 0 Å². The SMILES string of the molecule is Cn1c(/C=C/c2ccc(Cl)cc2)nc2cc(Cl)ccc21. The van der Waals surface area contributed by atoms with Crippen molar-refractivity contribution in [1.82, 2.24) is 9.55 Å². The summed E-state index contributed by atoms with van der Waals surface area (Å²) in [6.45, 7) is 0. The van der Waals surface area contributed by atoms with Gasteiger partial charge in [0.15, 0.2) is 0 Å². The molecule has 0 fully saturated rings. The molecule has 0 atom stereocenters. The highest BCUT2D eigenvalue weighted by atomic mass is 35.5. The number of imidazole rings is 1. The van der Waals surface area contributed by atoms with Crippen molar-refractivity contribution in [2.24, 2.45) is 7.05 Å². The van der Waals surface area contributed by atoms with Crippen LogP contribution in [0.5, 0.6) is 0 Å². The van der Waals surface area contributed by atoms with E-state index in [9.17, 15) is 0 Å². The topological polar surface area (TPSA) is 17.8 Å². The van der Waals surface area contributed by atoms with E-state index in [4.69, 9.17) is 23.2 Å². The monoisotopic (exact) mass is 302 g/mol. The number of rotatable bonds is 2. The molecule has 3 aromatic rings. The molecule has 1 heterocycles. The van der Waals surface area contributed by atoms with Crippen molar-refractivity contribution < 1.29 is 0 Å². The van der Waals surface area contributed by atoms with E-state index in [2.05, 4.69) is 4.98 Å². The van der Waals surface area contributed by atoms with E-state index in [1.807, 2.05) is 66.2 Å². The van der Waals surface area contributed by atoms with Crippen LogP contribution in [0.3, 0.4) is 0 Å². The van der Waals surface area contributed by atoms with Gasteiger partial charge in [-0.1, -0.05) is 41.4 Å². The maximum absolute atomic E-state index is 5.99. The van der Waals surface area contributed by atoms with E-state index in [-0.39, 0.29) is 0 Å². The molecule has 0 radical (unpaired) electrons. The average molecular weight is 303 g/mol. The van der Waals surface area contributed by atoms with Gasteiger partial charge in [-0.15, -0.1) is 0 Å². The second-order valence-electron chi connectivity index (χ2n) is 4.55. The van der Waals surface area contributed by atoms with Crippen molar-refractivity contribution in [1.29, 1.82) is 0 Å². The van der Waals surface area contributed by atoms with Crippen LogP contribution in [0.2, 0.25) is 10.0 Å². The summed E-state index contributed by atoms with van der Waals surface area (Å²) in [5.41, 5.74) is 3.04. The molecule has 0 aliphatic carbocycles. The van der Waals surface area contributed by atoms with E-state index in [1.54, 1.807) is 0 Å². The Hall–Kier alpha value is -1.77. The highest BCUT2D eigenvalue weighted by Gasteiger charge is 2.05. The fraction of sp³-hybridized carbons (Fsp3) is 0.0625. The van der Waals surface area contributed by atoms with Crippen molar-refractivity contribution >= 4 is 46.4 Å². The van der Waals surface area contributed by atoms with Crippen molar-refractivity contribution in [3.05, 3.63) is 63.9 Å². The molecule has 20 heavy (non-hydrogen) atoms. The number of aromatic nitrogens is 2. The molecule has 0 spiro atoms. The second kappa shape index (κ2) is 5.31. The van der Waals surface area contributed by atoms with Crippen LogP contribution < -0.4 is 0 Å². The summed E-state index contributed by atoms with van der Waals surface area (Å²) in [4.78, 5) is 4.57. The van der Waals surface area contributed by atoms with Crippen LogP contribution in [0.4, 0.5) is 0 Å². The first-order chi connectivity index (χ1) is 9.63. The molecule has 0 aliphatic rings. The van der Waals surface area contributed by atoms with Gasteiger partial charge in [-0.2, -0.15) is 0 Å². The highest BCUT2D eigenvalue weighted by molar-refractivity contribution is 6.31. The third-order valence-corrected chi connectivity index (χ3v) is 3.66. The van der Waals surface area contributed by atoms with Gasteiger partial charge in [-0.25, -0.2) is 4.98 Å². The molecule has 0 amide bonds. The molecule has 1 aromatic heterocycles. The number of nitrogens with zero attached hydrogens (tertiary/aromatic N) is 2. The quantitative estimate of drug-likeness (QED) is 0.647. The van der Waals surface area contributed by atoms with Crippen LogP contribution in [0.15, 0.2) is 42.5 Å². The van der Waals surface area contributed by atoms with Gasteiger partial charge in [0.1, 0.15) is 5.82 Å². The van der Waals surface area contributed by atoms with E-state index in [0.29, 0.717) is 5.02 Å². The van der Waals surface area contributed by atoms with Crippen LogP contribution in [-0.4, -0.2) is 9.55 Å². The highest BCUT2D eigenvalue weighted by Crippen LogP contribution is 2.20. The van der Waals surface area contributed by atoms with E-state index < -0.39 is 0 Å². The lowest BCUT2D eigenvalue weighted by Gasteiger charge is -1.97. The molecule has 4 heteroatoms. The summed E-state index contributed by atoms with van der Waals surface area (Å²) in [5.74, 6) is 0.886. The molecule has 0 aliphatic heterocycles. The Morgan fingerprint density at radius 3 is 2.40 bits per heavy atom. The van der Waals surface area contributed by atoms with E-state index in [0.717, 1.165) is 27.4 Å². The molecular formula is C16H12Cl2N2. The van der Waals surface area contributed by atoms with Crippen LogP contribution in [-0.2, 0) is 7.05 Å². The maximum atomic E-state index is 5.99. The summed E-state index contributed by atoms with van der Waals surface area (Å²) in [5, 5.41) is 1.43. The molecule has 0 bridgehead atoms. The first-order valence-electron chi connectivity index (χ1n) is 6.19. The Bertz CT molecular complexity index is 786. The molecule has 0 saturated heterocycles. The largest absolute Gasteiger partial charge is 0.328 e. The van der Waals surface area contributed by atoms with Gasteiger partial charge in [0.2, 0.25) is 0 Å². The average Bonchev–Trinajstić information content (AvgIpc) is 2.74. The van der Waals surface area contributed by atoms with Crippen LogP contribution in [0.1, 0.15) is 11.4 Å². The first-order valence-corrected chi connectivity index (χ1v) is 6.95. The zero-order chi connectivity index (χ0) is 14.1. The molecule has 100 valence electrons. The zero-order valence-corrected chi connectivity index (χ0v) is 12.4. The molecule has 2 nitrogen and oxygen atoms in total. The fourth-order valence-corrected chi connectivity index (χ4v) is 2.38. The van der Waals surface area contributed by atoms with Crippen molar-refractivity contribution in [2.45, 2.75) is 0 Å². The maximum Gasteiger partial charge on any atom is 0.133 e. The second-order valence-corrected chi connectivity index (χ2v) is 5.42. The summed E-state index contributed by atoms with van der Waals surface area (Å²) in [7, 11) is 1.99. The Labute approximate surface area is 127 Å². The van der Waals surface area contributed by atoms with Gasteiger partial charge in [0, 0.05) is 17.1 Å². The van der Waals surface area contributed by atoms with Crippen LogP contribution in [0, 0.1) is 0 Å². The lowest BCUT2D eigenvalue weighted by molar-refractivity contribution is 0.930. The van der Waals surface area contributed by atoms with E-state index >= 15 is 0 Å². The zero-order valence-electron chi connectivity index (χ0n) is 10.8. The normalized spacial score (nSPS) is 11.6. The molecule has 0 saturated carbocycles. The predicted molar refractivity (Wildman–Crippen MR) is 86.1 cm³/mol. The first kappa shape index (κ1) is 13.2. The number of fused-ring (bicyclic) bond motifs is 1. The molecule has 3 rings (SSSR count).